The van der Waals surface area contributed by atoms with Crippen LogP contribution in [0.25, 0.3) is 21.5 Å². The summed E-state index contributed by atoms with van der Waals surface area (Å²) in [6, 6.07) is 13.1. The topological polar surface area (TPSA) is 52.3 Å². The molecule has 4 nitrogen and oxygen atoms in total. The third-order valence-electron chi connectivity index (χ3n) is 3.95. The molecule has 0 fully saturated rings. The summed E-state index contributed by atoms with van der Waals surface area (Å²) in [6.07, 6.45) is 0. The van der Waals surface area contributed by atoms with Crippen molar-refractivity contribution in [2.45, 2.75) is 13.5 Å². The second-order valence-electron chi connectivity index (χ2n) is 5.85. The van der Waals surface area contributed by atoms with E-state index in [1.807, 2.05) is 24.4 Å². The van der Waals surface area contributed by atoms with Crippen molar-refractivity contribution in [3.8, 4) is 16.3 Å². The van der Waals surface area contributed by atoms with Gasteiger partial charge in [-0.3, -0.25) is 0 Å². The van der Waals surface area contributed by atoms with Gasteiger partial charge in [0.1, 0.15) is 28.8 Å². The highest BCUT2D eigenvalue weighted by molar-refractivity contribution is 7.13. The molecule has 2 aromatic heterocycles. The van der Waals surface area contributed by atoms with Crippen LogP contribution >= 0.6 is 11.3 Å². The molecular weight excluding hydrogens is 353 g/mol. The van der Waals surface area contributed by atoms with Crippen LogP contribution in [0.1, 0.15) is 11.3 Å². The predicted molar refractivity (Wildman–Crippen MR) is 99.1 cm³/mol. The maximum absolute atomic E-state index is 13.0. The van der Waals surface area contributed by atoms with Crippen LogP contribution < -0.4 is 10.4 Å². The Morgan fingerprint density at radius 1 is 1.15 bits per heavy atom. The molecule has 0 saturated heterocycles. The molecule has 2 heterocycles. The molecular formula is C20H14FNO3S. The van der Waals surface area contributed by atoms with Gasteiger partial charge in [0.25, 0.3) is 0 Å². The minimum atomic E-state index is -0.379. The van der Waals surface area contributed by atoms with Crippen LogP contribution in [0.3, 0.4) is 0 Å². The third-order valence-corrected chi connectivity index (χ3v) is 4.89. The van der Waals surface area contributed by atoms with Gasteiger partial charge in [-0.1, -0.05) is 0 Å². The normalized spacial score (nSPS) is 11.0. The number of hydrogen-bond acceptors (Lipinski definition) is 5. The molecule has 0 amide bonds. The fourth-order valence-electron chi connectivity index (χ4n) is 2.65. The van der Waals surface area contributed by atoms with E-state index in [0.29, 0.717) is 17.9 Å². The first-order valence-electron chi connectivity index (χ1n) is 7.96. The highest BCUT2D eigenvalue weighted by Gasteiger charge is 2.08. The van der Waals surface area contributed by atoms with Crippen molar-refractivity contribution >= 4 is 22.3 Å². The van der Waals surface area contributed by atoms with E-state index in [-0.39, 0.29) is 11.4 Å². The molecule has 0 bridgehead atoms. The molecule has 6 heteroatoms. The minimum Gasteiger partial charge on any atom is -0.487 e. The van der Waals surface area contributed by atoms with Gasteiger partial charge in [-0.2, -0.15) is 0 Å². The number of thiazole rings is 1. The Kier molecular flexibility index (Phi) is 4.26. The van der Waals surface area contributed by atoms with Crippen molar-refractivity contribution < 1.29 is 13.5 Å². The highest BCUT2D eigenvalue weighted by Crippen LogP contribution is 2.26. The van der Waals surface area contributed by atoms with Gasteiger partial charge in [-0.15, -0.1) is 11.3 Å². The molecule has 0 N–H and O–H groups in total. The average molecular weight is 367 g/mol. The SMILES string of the molecule is Cc1cc(=O)oc2cc(OCc3csc(-c4ccc(F)cc4)n3)ccc12. The van der Waals surface area contributed by atoms with Crippen LogP contribution in [0, 0.1) is 12.7 Å². The van der Waals surface area contributed by atoms with Gasteiger partial charge in [0.15, 0.2) is 0 Å². The van der Waals surface area contributed by atoms with E-state index in [9.17, 15) is 9.18 Å². The van der Waals surface area contributed by atoms with Crippen molar-refractivity contribution in [2.24, 2.45) is 0 Å². The van der Waals surface area contributed by atoms with Crippen molar-refractivity contribution in [1.29, 1.82) is 0 Å². The first-order chi connectivity index (χ1) is 12.6. The van der Waals surface area contributed by atoms with Gasteiger partial charge in [0.05, 0.1) is 5.69 Å². The summed E-state index contributed by atoms with van der Waals surface area (Å²) < 4.78 is 24.0. The summed E-state index contributed by atoms with van der Waals surface area (Å²) >= 11 is 1.48. The van der Waals surface area contributed by atoms with Crippen molar-refractivity contribution in [2.75, 3.05) is 0 Å². The monoisotopic (exact) mass is 367 g/mol. The summed E-state index contributed by atoms with van der Waals surface area (Å²) in [5, 5.41) is 3.59. The molecule has 0 saturated carbocycles. The zero-order valence-corrected chi connectivity index (χ0v) is 14.7. The van der Waals surface area contributed by atoms with Crippen molar-refractivity contribution in [1.82, 2.24) is 4.98 Å². The van der Waals surface area contributed by atoms with Crippen LogP contribution in [0.4, 0.5) is 4.39 Å². The van der Waals surface area contributed by atoms with Crippen LogP contribution in [-0.4, -0.2) is 4.98 Å². The zero-order chi connectivity index (χ0) is 18.1. The maximum atomic E-state index is 13.0. The van der Waals surface area contributed by atoms with Gasteiger partial charge in [0.2, 0.25) is 0 Å². The van der Waals surface area contributed by atoms with Crippen LogP contribution in [0.15, 0.2) is 63.1 Å². The Morgan fingerprint density at radius 3 is 2.77 bits per heavy atom. The summed E-state index contributed by atoms with van der Waals surface area (Å²) in [5.74, 6) is 0.328. The molecule has 4 aromatic rings. The number of halogens is 1. The number of ether oxygens (including phenoxy) is 1. The number of nitrogens with zero attached hydrogens (tertiary/aromatic N) is 1. The molecule has 26 heavy (non-hydrogen) atoms. The number of fused-ring (bicyclic) bond motifs is 1. The largest absolute Gasteiger partial charge is 0.487 e. The van der Waals surface area contributed by atoms with Crippen LogP contribution in [0.5, 0.6) is 5.75 Å². The Morgan fingerprint density at radius 2 is 1.96 bits per heavy atom. The standard InChI is InChI=1S/C20H14FNO3S/c1-12-8-19(23)25-18-9-16(6-7-17(12)18)24-10-15-11-26-20(22-15)13-2-4-14(21)5-3-13/h2-9,11H,10H2,1H3. The summed E-state index contributed by atoms with van der Waals surface area (Å²) in [6.45, 7) is 2.16. The smallest absolute Gasteiger partial charge is 0.336 e. The first kappa shape index (κ1) is 16.5. The van der Waals surface area contributed by atoms with Gasteiger partial charge < -0.3 is 9.15 Å². The molecule has 130 valence electrons. The highest BCUT2D eigenvalue weighted by atomic mass is 32.1. The van der Waals surface area contributed by atoms with Gasteiger partial charge in [-0.05, 0) is 48.9 Å². The summed E-state index contributed by atoms with van der Waals surface area (Å²) in [7, 11) is 0. The molecule has 0 aliphatic carbocycles. The minimum absolute atomic E-state index is 0.271. The summed E-state index contributed by atoms with van der Waals surface area (Å²) in [4.78, 5) is 16.0. The molecule has 0 radical (unpaired) electrons. The van der Waals surface area contributed by atoms with E-state index >= 15 is 0 Å². The Labute approximate surface area is 152 Å². The quantitative estimate of drug-likeness (QED) is 0.479. The predicted octanol–water partition coefficient (Wildman–Crippen LogP) is 4.94. The van der Waals surface area contributed by atoms with E-state index in [4.69, 9.17) is 9.15 Å². The van der Waals surface area contributed by atoms with Crippen molar-refractivity contribution in [3.05, 3.63) is 81.4 Å². The lowest BCUT2D eigenvalue weighted by atomic mass is 10.1. The Balaban J connectivity index is 1.51. The Bertz CT molecular complexity index is 1130. The molecule has 0 aliphatic rings. The third kappa shape index (κ3) is 3.36. The number of rotatable bonds is 4. The summed E-state index contributed by atoms with van der Waals surface area (Å²) in [5.41, 5.74) is 2.63. The average Bonchev–Trinajstić information content (AvgIpc) is 3.09. The van der Waals surface area contributed by atoms with E-state index < -0.39 is 0 Å². The van der Waals surface area contributed by atoms with Crippen LogP contribution in [0.2, 0.25) is 0 Å². The number of aryl methyl sites for hydroxylation is 1. The van der Waals surface area contributed by atoms with Gasteiger partial charge >= 0.3 is 5.63 Å². The molecule has 0 spiro atoms. The number of aromatic nitrogens is 1. The second kappa shape index (κ2) is 6.72. The molecule has 0 aliphatic heterocycles. The van der Waals surface area contributed by atoms with E-state index in [1.165, 1.54) is 29.5 Å². The molecule has 0 unspecified atom stereocenters. The van der Waals surface area contributed by atoms with Gasteiger partial charge in [-0.25, -0.2) is 14.2 Å². The lowest BCUT2D eigenvalue weighted by Gasteiger charge is -2.06. The van der Waals surface area contributed by atoms with E-state index in [2.05, 4.69) is 4.98 Å². The first-order valence-corrected chi connectivity index (χ1v) is 8.84. The van der Waals surface area contributed by atoms with Gasteiger partial charge in [0, 0.05) is 28.5 Å². The fraction of sp³-hybridized carbons (Fsp3) is 0.100. The molecule has 2 aromatic carbocycles. The van der Waals surface area contributed by atoms with Crippen molar-refractivity contribution in [3.63, 3.8) is 0 Å². The van der Waals surface area contributed by atoms with E-state index in [1.54, 1.807) is 18.2 Å². The Hall–Kier alpha value is -2.99. The number of hydrogen-bond donors (Lipinski definition) is 0. The molecule has 4 rings (SSSR count). The van der Waals surface area contributed by atoms with Crippen LogP contribution in [-0.2, 0) is 6.61 Å². The lowest BCUT2D eigenvalue weighted by Crippen LogP contribution is -1.99. The zero-order valence-electron chi connectivity index (χ0n) is 13.9. The fourth-order valence-corrected chi connectivity index (χ4v) is 3.46. The lowest BCUT2D eigenvalue weighted by molar-refractivity contribution is 0.302. The van der Waals surface area contributed by atoms with E-state index in [0.717, 1.165) is 27.2 Å². The molecule has 0 atom stereocenters. The number of benzene rings is 2. The maximum Gasteiger partial charge on any atom is 0.336 e. The second-order valence-corrected chi connectivity index (χ2v) is 6.70.